The summed E-state index contributed by atoms with van der Waals surface area (Å²) < 4.78 is 0. The summed E-state index contributed by atoms with van der Waals surface area (Å²) in [6, 6.07) is 0. The van der Waals surface area contributed by atoms with E-state index in [1.807, 2.05) is 26.0 Å². The van der Waals surface area contributed by atoms with Crippen LogP contribution in [0.4, 0.5) is 0 Å². The van der Waals surface area contributed by atoms with Crippen molar-refractivity contribution >= 4 is 5.91 Å². The molecule has 0 aromatic heterocycles. The first-order valence-corrected chi connectivity index (χ1v) is 6.70. The van der Waals surface area contributed by atoms with E-state index in [0.717, 1.165) is 32.1 Å². The number of carbonyl (C=O) groups is 1. The summed E-state index contributed by atoms with van der Waals surface area (Å²) in [5.41, 5.74) is 0. The molecule has 100 valence electrons. The second kappa shape index (κ2) is 7.67. The van der Waals surface area contributed by atoms with Crippen LogP contribution in [0.2, 0.25) is 0 Å². The number of hydrogen-bond donors (Lipinski definition) is 1. The van der Waals surface area contributed by atoms with Crippen molar-refractivity contribution in [2.24, 2.45) is 5.92 Å². The first-order chi connectivity index (χ1) is 8.13. The van der Waals surface area contributed by atoms with Gasteiger partial charge in [-0.2, -0.15) is 0 Å². The van der Waals surface area contributed by atoms with Crippen LogP contribution < -0.4 is 5.32 Å². The average Bonchev–Trinajstić information content (AvgIpc) is 2.34. The predicted molar refractivity (Wildman–Crippen MR) is 71.0 cm³/mol. The summed E-state index contributed by atoms with van der Waals surface area (Å²) >= 11 is 0. The molecule has 1 fully saturated rings. The molecule has 0 bridgehead atoms. The normalized spacial score (nSPS) is 17.8. The standard InChI is InChI=1S/C13H27N3O/c1-14-8-4-12-5-10-16(11-6-12)13(17)7-9-15(2)3/h12,14H,4-11H2,1-3H3. The summed E-state index contributed by atoms with van der Waals surface area (Å²) in [6.07, 6.45) is 4.26. The molecule has 0 aliphatic carbocycles. The summed E-state index contributed by atoms with van der Waals surface area (Å²) in [6.45, 7) is 3.87. The number of carbonyl (C=O) groups excluding carboxylic acids is 1. The Morgan fingerprint density at radius 2 is 2.00 bits per heavy atom. The highest BCUT2D eigenvalue weighted by atomic mass is 16.2. The van der Waals surface area contributed by atoms with Gasteiger partial charge in [-0.05, 0) is 52.9 Å². The number of nitrogens with one attached hydrogen (secondary N) is 1. The topological polar surface area (TPSA) is 35.6 Å². The van der Waals surface area contributed by atoms with Crippen LogP contribution in [0.15, 0.2) is 0 Å². The van der Waals surface area contributed by atoms with Gasteiger partial charge in [0.25, 0.3) is 0 Å². The van der Waals surface area contributed by atoms with Crippen molar-refractivity contribution in [1.82, 2.24) is 15.1 Å². The molecule has 4 nitrogen and oxygen atoms in total. The molecule has 1 aliphatic heterocycles. The molecule has 1 heterocycles. The number of piperidine rings is 1. The van der Waals surface area contributed by atoms with Crippen molar-refractivity contribution in [3.05, 3.63) is 0 Å². The summed E-state index contributed by atoms with van der Waals surface area (Å²) in [5.74, 6) is 1.13. The van der Waals surface area contributed by atoms with Gasteiger partial charge in [0.1, 0.15) is 0 Å². The minimum absolute atomic E-state index is 0.325. The molecule has 17 heavy (non-hydrogen) atoms. The largest absolute Gasteiger partial charge is 0.343 e. The van der Waals surface area contributed by atoms with Crippen LogP contribution in [0.25, 0.3) is 0 Å². The molecule has 1 N–H and O–H groups in total. The number of hydrogen-bond acceptors (Lipinski definition) is 3. The first-order valence-electron chi connectivity index (χ1n) is 6.70. The number of likely N-dealkylation sites (tertiary alicyclic amines) is 1. The monoisotopic (exact) mass is 241 g/mol. The van der Waals surface area contributed by atoms with E-state index in [-0.39, 0.29) is 0 Å². The van der Waals surface area contributed by atoms with E-state index in [0.29, 0.717) is 12.3 Å². The van der Waals surface area contributed by atoms with E-state index in [2.05, 4.69) is 10.2 Å². The van der Waals surface area contributed by atoms with Crippen LogP contribution in [0, 0.1) is 5.92 Å². The van der Waals surface area contributed by atoms with Gasteiger partial charge in [-0.3, -0.25) is 4.79 Å². The van der Waals surface area contributed by atoms with E-state index in [1.165, 1.54) is 19.3 Å². The minimum Gasteiger partial charge on any atom is -0.343 e. The lowest BCUT2D eigenvalue weighted by molar-refractivity contribution is -0.132. The second-order valence-electron chi connectivity index (χ2n) is 5.27. The zero-order valence-corrected chi connectivity index (χ0v) is 11.5. The highest BCUT2D eigenvalue weighted by Crippen LogP contribution is 2.20. The van der Waals surface area contributed by atoms with Gasteiger partial charge in [-0.1, -0.05) is 0 Å². The van der Waals surface area contributed by atoms with Crippen molar-refractivity contribution in [1.29, 1.82) is 0 Å². The molecule has 0 unspecified atom stereocenters. The quantitative estimate of drug-likeness (QED) is 0.747. The molecule has 0 aromatic rings. The van der Waals surface area contributed by atoms with E-state index >= 15 is 0 Å². The van der Waals surface area contributed by atoms with Gasteiger partial charge in [-0.15, -0.1) is 0 Å². The fourth-order valence-corrected chi connectivity index (χ4v) is 2.30. The molecular formula is C13H27N3O. The van der Waals surface area contributed by atoms with Crippen LogP contribution in [0.3, 0.4) is 0 Å². The molecule has 1 saturated heterocycles. The molecule has 0 spiro atoms. The molecular weight excluding hydrogens is 214 g/mol. The maximum Gasteiger partial charge on any atom is 0.223 e. The smallest absolute Gasteiger partial charge is 0.223 e. The zero-order valence-electron chi connectivity index (χ0n) is 11.5. The van der Waals surface area contributed by atoms with Crippen molar-refractivity contribution in [2.75, 3.05) is 47.3 Å². The molecule has 0 saturated carbocycles. The summed E-state index contributed by atoms with van der Waals surface area (Å²) in [5, 5.41) is 3.20. The molecule has 1 amide bonds. The fraction of sp³-hybridized carbons (Fsp3) is 0.923. The van der Waals surface area contributed by atoms with Crippen LogP contribution in [-0.4, -0.2) is 63.0 Å². The highest BCUT2D eigenvalue weighted by Gasteiger charge is 2.21. The van der Waals surface area contributed by atoms with Crippen LogP contribution >= 0.6 is 0 Å². The van der Waals surface area contributed by atoms with Gasteiger partial charge in [0.15, 0.2) is 0 Å². The van der Waals surface area contributed by atoms with Crippen molar-refractivity contribution < 1.29 is 4.79 Å². The van der Waals surface area contributed by atoms with Gasteiger partial charge in [0.05, 0.1) is 0 Å². The lowest BCUT2D eigenvalue weighted by Gasteiger charge is -2.32. The van der Waals surface area contributed by atoms with Gasteiger partial charge < -0.3 is 15.1 Å². The third-order valence-electron chi connectivity index (χ3n) is 3.54. The third-order valence-corrected chi connectivity index (χ3v) is 3.54. The Morgan fingerprint density at radius 1 is 1.35 bits per heavy atom. The Bertz CT molecular complexity index is 223. The average molecular weight is 241 g/mol. The Morgan fingerprint density at radius 3 is 2.53 bits per heavy atom. The fourth-order valence-electron chi connectivity index (χ4n) is 2.30. The SMILES string of the molecule is CNCCC1CCN(C(=O)CCN(C)C)CC1. The maximum absolute atomic E-state index is 11.9. The van der Waals surface area contributed by atoms with Crippen LogP contribution in [0.5, 0.6) is 0 Å². The molecule has 0 atom stereocenters. The van der Waals surface area contributed by atoms with Crippen LogP contribution in [-0.2, 0) is 4.79 Å². The Labute approximate surface area is 105 Å². The van der Waals surface area contributed by atoms with E-state index in [9.17, 15) is 4.79 Å². The third kappa shape index (κ3) is 5.50. The lowest BCUT2D eigenvalue weighted by Crippen LogP contribution is -2.39. The second-order valence-corrected chi connectivity index (χ2v) is 5.27. The summed E-state index contributed by atoms with van der Waals surface area (Å²) in [4.78, 5) is 16.0. The summed E-state index contributed by atoms with van der Waals surface area (Å²) in [7, 11) is 6.02. The molecule has 1 aliphatic rings. The molecule has 1 rings (SSSR count). The van der Waals surface area contributed by atoms with Gasteiger partial charge in [-0.25, -0.2) is 0 Å². The number of nitrogens with zero attached hydrogens (tertiary/aromatic N) is 2. The van der Waals surface area contributed by atoms with E-state index < -0.39 is 0 Å². The van der Waals surface area contributed by atoms with Crippen LogP contribution in [0.1, 0.15) is 25.7 Å². The molecule has 0 aromatic carbocycles. The van der Waals surface area contributed by atoms with Gasteiger partial charge in [0.2, 0.25) is 5.91 Å². The lowest BCUT2D eigenvalue weighted by atomic mass is 9.93. The predicted octanol–water partition coefficient (Wildman–Crippen LogP) is 0.786. The van der Waals surface area contributed by atoms with Crippen molar-refractivity contribution in [3.63, 3.8) is 0 Å². The van der Waals surface area contributed by atoms with E-state index in [1.54, 1.807) is 0 Å². The molecule has 0 radical (unpaired) electrons. The van der Waals surface area contributed by atoms with Crippen molar-refractivity contribution in [2.45, 2.75) is 25.7 Å². The van der Waals surface area contributed by atoms with Gasteiger partial charge in [0, 0.05) is 26.1 Å². The van der Waals surface area contributed by atoms with Crippen molar-refractivity contribution in [3.8, 4) is 0 Å². The van der Waals surface area contributed by atoms with Gasteiger partial charge >= 0.3 is 0 Å². The number of amides is 1. The molecule has 4 heteroatoms. The highest BCUT2D eigenvalue weighted by molar-refractivity contribution is 5.76. The maximum atomic E-state index is 11.9. The van der Waals surface area contributed by atoms with E-state index in [4.69, 9.17) is 0 Å². The minimum atomic E-state index is 0.325. The first kappa shape index (κ1) is 14.5. The Hall–Kier alpha value is -0.610. The Kier molecular flexibility index (Phi) is 6.52. The Balaban J connectivity index is 2.19. The zero-order chi connectivity index (χ0) is 12.7. The number of rotatable bonds is 6.